The Balaban J connectivity index is 1.45. The van der Waals surface area contributed by atoms with Crippen LogP contribution in [0.2, 0.25) is 0 Å². The Labute approximate surface area is 172 Å². The molecule has 148 valence electrons. The zero-order chi connectivity index (χ0) is 20.3. The van der Waals surface area contributed by atoms with E-state index in [2.05, 4.69) is 72.0 Å². The van der Waals surface area contributed by atoms with E-state index in [0.717, 1.165) is 30.6 Å². The van der Waals surface area contributed by atoms with Crippen molar-refractivity contribution in [3.05, 3.63) is 91.7 Å². The van der Waals surface area contributed by atoms with Crippen molar-refractivity contribution < 1.29 is 14.3 Å². The molecule has 0 N–H and O–H groups in total. The number of ether oxygens (including phenoxy) is 2. The van der Waals surface area contributed by atoms with Crippen LogP contribution in [0.5, 0.6) is 5.75 Å². The van der Waals surface area contributed by atoms with Gasteiger partial charge in [-0.05, 0) is 53.6 Å². The predicted molar refractivity (Wildman–Crippen MR) is 118 cm³/mol. The summed E-state index contributed by atoms with van der Waals surface area (Å²) in [5, 5.41) is 0. The number of rotatable bonds is 10. The topological polar surface area (TPSA) is 35.5 Å². The summed E-state index contributed by atoms with van der Waals surface area (Å²) < 4.78 is 10.5. The molecule has 3 aromatic carbocycles. The fourth-order valence-corrected chi connectivity index (χ4v) is 3.12. The molecule has 29 heavy (non-hydrogen) atoms. The van der Waals surface area contributed by atoms with Gasteiger partial charge in [-0.3, -0.25) is 4.79 Å². The van der Waals surface area contributed by atoms with Gasteiger partial charge in [-0.25, -0.2) is 0 Å². The summed E-state index contributed by atoms with van der Waals surface area (Å²) >= 11 is 0. The predicted octanol–water partition coefficient (Wildman–Crippen LogP) is 6.65. The lowest BCUT2D eigenvalue weighted by Crippen LogP contribution is -2.00. The highest BCUT2D eigenvalue weighted by Crippen LogP contribution is 2.26. The molecule has 0 heterocycles. The number of benzene rings is 3. The van der Waals surface area contributed by atoms with E-state index in [9.17, 15) is 4.79 Å². The summed E-state index contributed by atoms with van der Waals surface area (Å²) in [5.41, 5.74) is 4.78. The van der Waals surface area contributed by atoms with Gasteiger partial charge in [0.05, 0.1) is 12.9 Å². The van der Waals surface area contributed by atoms with Crippen molar-refractivity contribution in [3.8, 4) is 28.0 Å². The molecule has 0 saturated carbocycles. The smallest absolute Gasteiger partial charge is 0.310 e. The highest BCUT2D eigenvalue weighted by atomic mass is 16.5. The fraction of sp³-hybridized carbons (Fsp3) is 0.192. The lowest BCUT2D eigenvalue weighted by Gasteiger charge is -2.08. The summed E-state index contributed by atoms with van der Waals surface area (Å²) in [7, 11) is 0. The Kier molecular flexibility index (Phi) is 7.64. The first-order chi connectivity index (χ1) is 14.3. The average molecular weight is 386 g/mol. The molecule has 0 unspecified atom stereocenters. The number of carbonyl (C=O) groups is 1. The zero-order valence-electron chi connectivity index (χ0n) is 16.6. The normalized spacial score (nSPS) is 10.3. The maximum atomic E-state index is 11.2. The van der Waals surface area contributed by atoms with E-state index >= 15 is 0 Å². The monoisotopic (exact) mass is 386 g/mol. The molecule has 3 heteroatoms. The van der Waals surface area contributed by atoms with Crippen molar-refractivity contribution in [3.63, 3.8) is 0 Å². The molecule has 0 bridgehead atoms. The Morgan fingerprint density at radius 3 is 1.86 bits per heavy atom. The largest absolute Gasteiger partial charge is 0.494 e. The first kappa shape index (κ1) is 20.4. The molecule has 0 atom stereocenters. The summed E-state index contributed by atoms with van der Waals surface area (Å²) in [4.78, 5) is 11.2. The van der Waals surface area contributed by atoms with Gasteiger partial charge >= 0.3 is 5.97 Å². The van der Waals surface area contributed by atoms with Gasteiger partial charge in [0.15, 0.2) is 0 Å². The lowest BCUT2D eigenvalue weighted by molar-refractivity contribution is -0.138. The van der Waals surface area contributed by atoms with Gasteiger partial charge in [-0.2, -0.15) is 0 Å². The van der Waals surface area contributed by atoms with Crippen LogP contribution in [-0.2, 0) is 9.53 Å². The second-order valence-corrected chi connectivity index (χ2v) is 6.78. The van der Waals surface area contributed by atoms with Gasteiger partial charge in [0, 0.05) is 6.42 Å². The number of hydrogen-bond donors (Lipinski definition) is 0. The standard InChI is InChI=1S/C26H26O3/c1-2-28-26(27)11-7-4-8-20-29-25-18-16-24(17-19-25)23-14-12-22(13-15-23)21-9-5-3-6-10-21/h2-3,5-6,9-10,12-19H,1,4,7-8,11,20H2. The molecule has 0 fully saturated rings. The third kappa shape index (κ3) is 6.35. The number of esters is 1. The Hall–Kier alpha value is -3.33. The van der Waals surface area contributed by atoms with Crippen LogP contribution in [0.4, 0.5) is 0 Å². The van der Waals surface area contributed by atoms with E-state index in [-0.39, 0.29) is 5.97 Å². The minimum absolute atomic E-state index is 0.228. The van der Waals surface area contributed by atoms with Crippen molar-refractivity contribution in [2.75, 3.05) is 6.61 Å². The second kappa shape index (κ2) is 10.9. The van der Waals surface area contributed by atoms with Crippen LogP contribution in [0.3, 0.4) is 0 Å². The van der Waals surface area contributed by atoms with E-state index in [1.807, 2.05) is 18.2 Å². The Bertz CT molecular complexity index is 897. The zero-order valence-corrected chi connectivity index (χ0v) is 16.6. The summed E-state index contributed by atoms with van der Waals surface area (Å²) in [6, 6.07) is 27.1. The maximum Gasteiger partial charge on any atom is 0.310 e. The molecule has 3 aromatic rings. The van der Waals surface area contributed by atoms with Gasteiger partial charge in [-0.15, -0.1) is 0 Å². The highest BCUT2D eigenvalue weighted by Gasteiger charge is 2.02. The summed E-state index contributed by atoms with van der Waals surface area (Å²) in [5.74, 6) is 0.633. The van der Waals surface area contributed by atoms with Crippen molar-refractivity contribution in [2.24, 2.45) is 0 Å². The number of hydrogen-bond acceptors (Lipinski definition) is 3. The van der Waals surface area contributed by atoms with E-state index in [1.54, 1.807) is 0 Å². The molecular weight excluding hydrogens is 360 g/mol. The Morgan fingerprint density at radius 2 is 1.28 bits per heavy atom. The van der Waals surface area contributed by atoms with Gasteiger partial charge < -0.3 is 9.47 Å². The van der Waals surface area contributed by atoms with Crippen molar-refractivity contribution in [1.29, 1.82) is 0 Å². The molecule has 0 aromatic heterocycles. The molecule has 0 aliphatic carbocycles. The van der Waals surface area contributed by atoms with Gasteiger partial charge in [0.25, 0.3) is 0 Å². The van der Waals surface area contributed by atoms with Crippen LogP contribution in [0.15, 0.2) is 91.7 Å². The van der Waals surface area contributed by atoms with Crippen LogP contribution in [0.25, 0.3) is 22.3 Å². The molecule has 0 amide bonds. The SMILES string of the molecule is C=COC(=O)CCCCCOc1ccc(-c2ccc(-c3ccccc3)cc2)cc1. The van der Waals surface area contributed by atoms with Crippen LogP contribution >= 0.6 is 0 Å². The highest BCUT2D eigenvalue weighted by molar-refractivity contribution is 5.71. The number of unbranched alkanes of at least 4 members (excludes halogenated alkanes) is 2. The van der Waals surface area contributed by atoms with E-state index < -0.39 is 0 Å². The van der Waals surface area contributed by atoms with Gasteiger partial charge in [-0.1, -0.05) is 73.3 Å². The molecule has 3 rings (SSSR count). The first-order valence-corrected chi connectivity index (χ1v) is 9.95. The summed E-state index contributed by atoms with van der Waals surface area (Å²) in [6.45, 7) is 4.01. The van der Waals surface area contributed by atoms with Crippen LogP contribution < -0.4 is 4.74 Å². The molecule has 0 aliphatic rings. The molecule has 0 spiro atoms. The quantitative estimate of drug-likeness (QED) is 0.222. The maximum absolute atomic E-state index is 11.2. The minimum atomic E-state index is -0.228. The average Bonchev–Trinajstić information content (AvgIpc) is 2.77. The van der Waals surface area contributed by atoms with Crippen molar-refractivity contribution in [1.82, 2.24) is 0 Å². The van der Waals surface area contributed by atoms with Crippen molar-refractivity contribution >= 4 is 5.97 Å². The third-order valence-electron chi connectivity index (χ3n) is 4.69. The van der Waals surface area contributed by atoms with Gasteiger partial charge in [0.1, 0.15) is 5.75 Å². The lowest BCUT2D eigenvalue weighted by atomic mass is 10.0. The first-order valence-electron chi connectivity index (χ1n) is 9.95. The Morgan fingerprint density at radius 1 is 0.724 bits per heavy atom. The van der Waals surface area contributed by atoms with E-state index in [0.29, 0.717) is 13.0 Å². The fourth-order valence-electron chi connectivity index (χ4n) is 3.12. The van der Waals surface area contributed by atoms with E-state index in [4.69, 9.17) is 4.74 Å². The van der Waals surface area contributed by atoms with E-state index in [1.165, 1.54) is 23.0 Å². The third-order valence-corrected chi connectivity index (χ3v) is 4.69. The van der Waals surface area contributed by atoms with Crippen LogP contribution in [0.1, 0.15) is 25.7 Å². The molecule has 0 aliphatic heterocycles. The number of carbonyl (C=O) groups excluding carboxylic acids is 1. The molecule has 3 nitrogen and oxygen atoms in total. The van der Waals surface area contributed by atoms with Crippen molar-refractivity contribution in [2.45, 2.75) is 25.7 Å². The second-order valence-electron chi connectivity index (χ2n) is 6.78. The minimum Gasteiger partial charge on any atom is -0.494 e. The van der Waals surface area contributed by atoms with Crippen LogP contribution in [0, 0.1) is 0 Å². The molecule has 0 saturated heterocycles. The molecule has 0 radical (unpaired) electrons. The van der Waals surface area contributed by atoms with Gasteiger partial charge in [0.2, 0.25) is 0 Å². The molecular formula is C26H26O3. The summed E-state index contributed by atoms with van der Waals surface area (Å²) in [6.07, 6.45) is 4.23. The van der Waals surface area contributed by atoms with Crippen LogP contribution in [-0.4, -0.2) is 12.6 Å².